The smallest absolute Gasteiger partial charge is 0.125 e. The first-order valence-electron chi connectivity index (χ1n) is 5.34. The molecule has 2 aromatic rings. The maximum absolute atomic E-state index is 5.97. The molecule has 2 aromatic heterocycles. The summed E-state index contributed by atoms with van der Waals surface area (Å²) in [4.78, 5) is 8.64. The second-order valence-corrected chi connectivity index (χ2v) is 5.33. The van der Waals surface area contributed by atoms with E-state index in [-0.39, 0.29) is 0 Å². The molecule has 1 atom stereocenters. The van der Waals surface area contributed by atoms with Gasteiger partial charge in [-0.15, -0.1) is 11.6 Å². The Morgan fingerprint density at radius 2 is 2.50 bits per heavy atom. The number of aromatic nitrogens is 3. The van der Waals surface area contributed by atoms with E-state index in [1.807, 2.05) is 30.2 Å². The van der Waals surface area contributed by atoms with Crippen LogP contribution < -0.4 is 0 Å². The van der Waals surface area contributed by atoms with Crippen LogP contribution in [0, 0.1) is 0 Å². The monoisotopic (exact) mass is 253 g/mol. The molecule has 16 heavy (non-hydrogen) atoms. The maximum Gasteiger partial charge on any atom is 0.125 e. The van der Waals surface area contributed by atoms with Crippen molar-refractivity contribution in [3.05, 3.63) is 24.3 Å². The highest BCUT2D eigenvalue weighted by Gasteiger charge is 2.22. The van der Waals surface area contributed by atoms with Gasteiger partial charge in [-0.1, -0.05) is 0 Å². The number of fused-ring (bicyclic) bond motifs is 1. The molecule has 0 amide bonds. The summed E-state index contributed by atoms with van der Waals surface area (Å²) in [6.07, 6.45) is 4.84. The topological polar surface area (TPSA) is 30.7 Å². The molecule has 3 rings (SSSR count). The van der Waals surface area contributed by atoms with Crippen molar-refractivity contribution in [3.8, 4) is 0 Å². The van der Waals surface area contributed by atoms with Crippen LogP contribution in [0.25, 0.3) is 11.0 Å². The van der Waals surface area contributed by atoms with Gasteiger partial charge in [0.1, 0.15) is 11.3 Å². The molecule has 0 N–H and O–H groups in total. The summed E-state index contributed by atoms with van der Waals surface area (Å²) < 4.78 is 2.30. The van der Waals surface area contributed by atoms with Crippen LogP contribution in [0.2, 0.25) is 0 Å². The molecule has 0 spiro atoms. The van der Waals surface area contributed by atoms with Gasteiger partial charge in [0, 0.05) is 18.0 Å². The average molecular weight is 254 g/mol. The highest BCUT2D eigenvalue weighted by molar-refractivity contribution is 7.99. The minimum atomic E-state index is 0.468. The van der Waals surface area contributed by atoms with Crippen LogP contribution >= 0.6 is 23.4 Å². The van der Waals surface area contributed by atoms with Crippen LogP contribution in [0.1, 0.15) is 18.3 Å². The van der Waals surface area contributed by atoms with Crippen LogP contribution in [-0.4, -0.2) is 26.0 Å². The van der Waals surface area contributed by atoms with Gasteiger partial charge in [0.15, 0.2) is 0 Å². The summed E-state index contributed by atoms with van der Waals surface area (Å²) in [5, 5.41) is 0. The maximum atomic E-state index is 5.97. The highest BCUT2D eigenvalue weighted by Crippen LogP contribution is 2.32. The number of pyridine rings is 1. The Morgan fingerprint density at radius 3 is 3.25 bits per heavy atom. The first kappa shape index (κ1) is 10.4. The lowest BCUT2D eigenvalue weighted by atomic mass is 10.2. The van der Waals surface area contributed by atoms with Gasteiger partial charge < -0.3 is 4.57 Å². The fraction of sp³-hybridized carbons (Fsp3) is 0.455. The number of imidazole rings is 1. The largest absolute Gasteiger partial charge is 0.323 e. The fourth-order valence-corrected chi connectivity index (χ4v) is 3.61. The predicted octanol–water partition coefficient (Wildman–Crippen LogP) is 2.85. The number of alkyl halides is 1. The molecule has 0 radical (unpaired) electrons. The predicted molar refractivity (Wildman–Crippen MR) is 68.1 cm³/mol. The van der Waals surface area contributed by atoms with Crippen molar-refractivity contribution >= 4 is 34.4 Å². The van der Waals surface area contributed by atoms with Gasteiger partial charge in [0.25, 0.3) is 0 Å². The Labute approximate surface area is 103 Å². The first-order valence-corrected chi connectivity index (χ1v) is 7.03. The summed E-state index contributed by atoms with van der Waals surface area (Å²) in [5.41, 5.74) is 2.12. The Kier molecular flexibility index (Phi) is 2.77. The normalized spacial score (nSPS) is 20.7. The van der Waals surface area contributed by atoms with Gasteiger partial charge >= 0.3 is 0 Å². The Balaban J connectivity index is 2.18. The zero-order valence-corrected chi connectivity index (χ0v) is 10.3. The molecular formula is C11H12ClN3S. The molecule has 0 saturated carbocycles. The van der Waals surface area contributed by atoms with Crippen molar-refractivity contribution < 1.29 is 0 Å². The molecule has 0 aromatic carbocycles. The van der Waals surface area contributed by atoms with E-state index in [1.165, 1.54) is 12.2 Å². The van der Waals surface area contributed by atoms with Gasteiger partial charge in [-0.05, 0) is 18.2 Å². The van der Waals surface area contributed by atoms with Crippen molar-refractivity contribution in [2.45, 2.75) is 18.3 Å². The van der Waals surface area contributed by atoms with E-state index in [9.17, 15) is 0 Å². The minimum absolute atomic E-state index is 0.468. The second-order valence-electron chi connectivity index (χ2n) is 3.91. The molecular weight excluding hydrogens is 242 g/mol. The average Bonchev–Trinajstić information content (AvgIpc) is 2.94. The van der Waals surface area contributed by atoms with Crippen LogP contribution in [0.5, 0.6) is 0 Å². The molecule has 1 saturated heterocycles. The quantitative estimate of drug-likeness (QED) is 0.771. The lowest BCUT2D eigenvalue weighted by Crippen LogP contribution is -2.10. The van der Waals surface area contributed by atoms with E-state index in [2.05, 4.69) is 14.5 Å². The first-order chi connectivity index (χ1) is 7.90. The van der Waals surface area contributed by atoms with E-state index in [0.717, 1.165) is 22.6 Å². The second kappa shape index (κ2) is 4.26. The SMILES string of the molecule is ClCc1nc2cnccc2n1C1CCSC1. The minimum Gasteiger partial charge on any atom is -0.323 e. The molecule has 0 aliphatic carbocycles. The summed E-state index contributed by atoms with van der Waals surface area (Å²) in [5.74, 6) is 3.84. The molecule has 1 aliphatic heterocycles. The Morgan fingerprint density at radius 1 is 1.56 bits per heavy atom. The summed E-state index contributed by atoms with van der Waals surface area (Å²) in [6, 6.07) is 2.58. The zero-order valence-electron chi connectivity index (χ0n) is 8.77. The number of rotatable bonds is 2. The number of thioether (sulfide) groups is 1. The van der Waals surface area contributed by atoms with E-state index in [4.69, 9.17) is 11.6 Å². The third kappa shape index (κ3) is 1.60. The van der Waals surface area contributed by atoms with Crippen LogP contribution in [0.15, 0.2) is 18.5 Å². The van der Waals surface area contributed by atoms with Gasteiger partial charge in [-0.3, -0.25) is 4.98 Å². The van der Waals surface area contributed by atoms with Gasteiger partial charge in [0.05, 0.1) is 17.6 Å². The molecule has 1 aliphatic rings. The van der Waals surface area contributed by atoms with E-state index in [0.29, 0.717) is 11.9 Å². The molecule has 84 valence electrons. The van der Waals surface area contributed by atoms with Gasteiger partial charge in [-0.2, -0.15) is 11.8 Å². The van der Waals surface area contributed by atoms with Crippen molar-refractivity contribution in [3.63, 3.8) is 0 Å². The standard InChI is InChI=1S/C11H12ClN3S/c12-5-11-14-9-6-13-3-1-10(9)15(11)8-2-4-16-7-8/h1,3,6,8H,2,4-5,7H2. The Bertz CT molecular complexity index is 505. The molecule has 5 heteroatoms. The number of hydrogen-bond acceptors (Lipinski definition) is 3. The molecule has 0 bridgehead atoms. The molecule has 3 heterocycles. The summed E-state index contributed by atoms with van der Waals surface area (Å²) >= 11 is 7.97. The van der Waals surface area contributed by atoms with Crippen molar-refractivity contribution in [2.24, 2.45) is 0 Å². The van der Waals surface area contributed by atoms with Crippen molar-refractivity contribution in [1.29, 1.82) is 0 Å². The fourth-order valence-electron chi connectivity index (χ4n) is 2.23. The van der Waals surface area contributed by atoms with Crippen molar-refractivity contribution in [1.82, 2.24) is 14.5 Å². The molecule has 1 unspecified atom stereocenters. The van der Waals surface area contributed by atoms with Crippen molar-refractivity contribution in [2.75, 3.05) is 11.5 Å². The molecule has 3 nitrogen and oxygen atoms in total. The van der Waals surface area contributed by atoms with Gasteiger partial charge in [-0.25, -0.2) is 4.98 Å². The highest BCUT2D eigenvalue weighted by atomic mass is 35.5. The van der Waals surface area contributed by atoms with E-state index in [1.54, 1.807) is 0 Å². The van der Waals surface area contributed by atoms with E-state index < -0.39 is 0 Å². The number of hydrogen-bond donors (Lipinski definition) is 0. The summed E-state index contributed by atoms with van der Waals surface area (Å²) in [6.45, 7) is 0. The number of halogens is 1. The zero-order chi connectivity index (χ0) is 11.0. The van der Waals surface area contributed by atoms with Crippen LogP contribution in [0.4, 0.5) is 0 Å². The number of nitrogens with zero attached hydrogens (tertiary/aromatic N) is 3. The third-order valence-electron chi connectivity index (χ3n) is 2.96. The van der Waals surface area contributed by atoms with Gasteiger partial charge in [0.2, 0.25) is 0 Å². The summed E-state index contributed by atoms with van der Waals surface area (Å²) in [7, 11) is 0. The van der Waals surface area contributed by atoms with E-state index >= 15 is 0 Å². The van der Waals surface area contributed by atoms with Crippen LogP contribution in [0.3, 0.4) is 0 Å². The molecule has 1 fully saturated rings. The lowest BCUT2D eigenvalue weighted by Gasteiger charge is -2.14. The lowest BCUT2D eigenvalue weighted by molar-refractivity contribution is 0.558. The third-order valence-corrected chi connectivity index (χ3v) is 4.34. The van der Waals surface area contributed by atoms with Crippen LogP contribution in [-0.2, 0) is 5.88 Å². The Hall–Kier alpha value is -0.740.